The van der Waals surface area contributed by atoms with Crippen molar-refractivity contribution in [2.45, 2.75) is 0 Å². The van der Waals surface area contributed by atoms with E-state index in [2.05, 4.69) is 4.98 Å². The highest BCUT2D eigenvalue weighted by molar-refractivity contribution is 5.66. The van der Waals surface area contributed by atoms with Gasteiger partial charge in [0.2, 0.25) is 0 Å². The molecule has 19 heavy (non-hydrogen) atoms. The Kier molecular flexibility index (Phi) is 7.99. The topological polar surface area (TPSA) is 132 Å². The second-order valence-electron chi connectivity index (χ2n) is 3.03. The van der Waals surface area contributed by atoms with Crippen LogP contribution in [0.5, 0.6) is 0 Å². The van der Waals surface area contributed by atoms with Gasteiger partial charge in [0.05, 0.1) is 24.3 Å². The zero-order valence-electron chi connectivity index (χ0n) is 9.78. The highest BCUT2D eigenvalue weighted by Gasteiger charge is 2.20. The number of hydrogen-bond donors (Lipinski definition) is 0. The van der Waals surface area contributed by atoms with E-state index in [4.69, 9.17) is 26.5 Å². The van der Waals surface area contributed by atoms with E-state index in [-0.39, 0.29) is 5.57 Å². The lowest BCUT2D eigenvalue weighted by Gasteiger charge is -2.04. The predicted octanol–water partition coefficient (Wildman–Crippen LogP) is 0.979. The summed E-state index contributed by atoms with van der Waals surface area (Å²) < 4.78 is 0. The highest BCUT2D eigenvalue weighted by Crippen LogP contribution is 2.15. The van der Waals surface area contributed by atoms with Crippen molar-refractivity contribution in [1.82, 2.24) is 0 Å². The maximum Gasteiger partial charge on any atom is 0.166 e. The van der Waals surface area contributed by atoms with E-state index >= 15 is 0 Å². The third-order valence-electron chi connectivity index (χ3n) is 1.87. The number of nitriles is 4. The van der Waals surface area contributed by atoms with Crippen LogP contribution in [0, 0.1) is 57.2 Å². The van der Waals surface area contributed by atoms with Crippen molar-refractivity contribution in [1.29, 1.82) is 21.0 Å². The van der Waals surface area contributed by atoms with E-state index in [0.29, 0.717) is 0 Å². The van der Waals surface area contributed by atoms with Crippen molar-refractivity contribution in [3.63, 3.8) is 0 Å². The summed E-state index contributed by atoms with van der Waals surface area (Å²) in [5.74, 6) is -1.09. The van der Waals surface area contributed by atoms with Crippen molar-refractivity contribution in [3.8, 4) is 24.3 Å². The molecule has 0 bridgehead atoms. The Morgan fingerprint density at radius 2 is 1.26 bits per heavy atom. The molecule has 0 radical (unpaired) electrons. The largest absolute Gasteiger partial charge is 0.763 e. The normalized spacial score (nSPS) is 7.68. The van der Waals surface area contributed by atoms with Crippen molar-refractivity contribution in [3.05, 3.63) is 41.6 Å². The minimum absolute atomic E-state index is 0.310. The number of allylic oxidation sites excluding steroid dienone is 1. The number of aromatic amines is 1. The summed E-state index contributed by atoms with van der Waals surface area (Å²) in [6, 6.07) is 12.0. The van der Waals surface area contributed by atoms with Gasteiger partial charge in [-0.1, -0.05) is 6.07 Å². The summed E-state index contributed by atoms with van der Waals surface area (Å²) in [5, 5.41) is 42.1. The Morgan fingerprint density at radius 3 is 1.42 bits per heavy atom. The standard InChI is InChI=1S/C8H2N5.C5H5N/c9-1-6(2-10)8(5-13)7(3-11)4-12;1-2-4-6-5-3-1/h6-7H;1-5H/q-1;/p+1. The number of aromatic nitrogens is 1. The molecule has 1 rings (SSSR count). The van der Waals surface area contributed by atoms with E-state index in [9.17, 15) is 0 Å². The molecule has 0 aliphatic carbocycles. The first kappa shape index (κ1) is 15.6. The van der Waals surface area contributed by atoms with E-state index in [1.54, 1.807) is 0 Å². The first-order chi connectivity index (χ1) is 9.24. The Morgan fingerprint density at radius 1 is 0.842 bits per heavy atom. The van der Waals surface area contributed by atoms with Gasteiger partial charge in [-0.25, -0.2) is 4.98 Å². The Bertz CT molecular complexity index is 513. The third-order valence-corrected chi connectivity index (χ3v) is 1.87. The fourth-order valence-corrected chi connectivity index (χ4v) is 0.974. The quantitative estimate of drug-likeness (QED) is 0.721. The van der Waals surface area contributed by atoms with E-state index in [0.717, 1.165) is 0 Å². The van der Waals surface area contributed by atoms with Crippen LogP contribution in [0.2, 0.25) is 0 Å². The molecule has 0 atom stereocenters. The average molecular weight is 248 g/mol. The van der Waals surface area contributed by atoms with Crippen molar-refractivity contribution >= 4 is 5.87 Å². The smallest absolute Gasteiger partial charge is 0.166 e. The van der Waals surface area contributed by atoms with Crippen molar-refractivity contribution in [2.24, 2.45) is 11.8 Å². The molecule has 1 aromatic heterocycles. The van der Waals surface area contributed by atoms with Gasteiger partial charge in [0, 0.05) is 17.7 Å². The van der Waals surface area contributed by atoms with Gasteiger partial charge in [0.15, 0.2) is 24.2 Å². The predicted molar refractivity (Wildman–Crippen MR) is 64.3 cm³/mol. The first-order valence-corrected chi connectivity index (χ1v) is 5.01. The number of nitrogens with zero attached hydrogens (tertiary/aromatic N) is 5. The number of nitrogens with one attached hydrogen (secondary N) is 1. The number of H-pyrrole nitrogens is 1. The van der Waals surface area contributed by atoms with Crippen LogP contribution in [0.25, 0.3) is 5.41 Å². The second-order valence-corrected chi connectivity index (χ2v) is 3.03. The molecule has 0 spiro atoms. The lowest BCUT2D eigenvalue weighted by atomic mass is 9.92. The number of hydrogen-bond acceptors (Lipinski definition) is 4. The molecule has 0 amide bonds. The van der Waals surface area contributed by atoms with Gasteiger partial charge in [0.25, 0.3) is 0 Å². The highest BCUT2D eigenvalue weighted by atomic mass is 14.6. The van der Waals surface area contributed by atoms with Gasteiger partial charge >= 0.3 is 0 Å². The average Bonchev–Trinajstić information content (AvgIpc) is 2.50. The Labute approximate surface area is 110 Å². The molecule has 6 nitrogen and oxygen atoms in total. The molecule has 0 aliphatic rings. The molecular formula is C13H8N6. The number of pyridine rings is 1. The molecule has 0 aromatic carbocycles. The van der Waals surface area contributed by atoms with Gasteiger partial charge in [-0.2, -0.15) is 21.0 Å². The van der Waals surface area contributed by atoms with Crippen molar-refractivity contribution < 1.29 is 4.98 Å². The van der Waals surface area contributed by atoms with Crippen LogP contribution in [0.3, 0.4) is 0 Å². The molecule has 90 valence electrons. The Balaban J connectivity index is 0.000000443. The second kappa shape index (κ2) is 9.76. The van der Waals surface area contributed by atoms with Gasteiger partial charge in [-0.3, -0.25) is 5.87 Å². The van der Waals surface area contributed by atoms with Crippen LogP contribution < -0.4 is 4.98 Å². The zero-order valence-corrected chi connectivity index (χ0v) is 9.78. The van der Waals surface area contributed by atoms with Gasteiger partial charge in [0.1, 0.15) is 0 Å². The molecule has 1 N–H and O–H groups in total. The van der Waals surface area contributed by atoms with Gasteiger partial charge < -0.3 is 5.41 Å². The molecule has 1 heterocycles. The fraction of sp³-hybridized carbons (Fsp3) is 0.154. The lowest BCUT2D eigenvalue weighted by Crippen LogP contribution is -2.08. The van der Waals surface area contributed by atoms with Gasteiger partial charge in [-0.15, -0.1) is 0 Å². The van der Waals surface area contributed by atoms with Crippen LogP contribution in [-0.2, 0) is 0 Å². The monoisotopic (exact) mass is 248 g/mol. The lowest BCUT2D eigenvalue weighted by molar-refractivity contribution is -0.377. The maximum absolute atomic E-state index is 8.50. The molecular weight excluding hydrogens is 240 g/mol. The molecule has 6 heteroatoms. The maximum atomic E-state index is 8.50. The van der Waals surface area contributed by atoms with Crippen LogP contribution in [0.4, 0.5) is 0 Å². The molecule has 1 aromatic rings. The summed E-state index contributed by atoms with van der Waals surface area (Å²) in [7, 11) is 0. The van der Waals surface area contributed by atoms with Crippen LogP contribution in [-0.4, -0.2) is 5.87 Å². The molecule has 0 aliphatic heterocycles. The van der Waals surface area contributed by atoms with Crippen LogP contribution in [0.15, 0.2) is 36.2 Å². The first-order valence-electron chi connectivity index (χ1n) is 5.01. The van der Waals surface area contributed by atoms with E-state index < -0.39 is 11.8 Å². The van der Waals surface area contributed by atoms with Crippen LogP contribution >= 0.6 is 0 Å². The Hall–Kier alpha value is -3.44. The molecule has 0 saturated heterocycles. The minimum atomic E-state index is -1.31. The summed E-state index contributed by atoms with van der Waals surface area (Å²) in [6.45, 7) is 0. The third kappa shape index (κ3) is 5.43. The van der Waals surface area contributed by atoms with Crippen molar-refractivity contribution in [2.75, 3.05) is 0 Å². The zero-order chi connectivity index (χ0) is 14.5. The summed E-state index contributed by atoms with van der Waals surface area (Å²) in [6.07, 6.45) is 3.75. The summed E-state index contributed by atoms with van der Waals surface area (Å²) >= 11 is 0. The molecule has 0 unspecified atom stereocenters. The SMILES string of the molecule is N#CC(C#N)C(=C=[N-])C(C#N)C#N.c1cc[nH+]cc1. The number of rotatable bonds is 2. The van der Waals surface area contributed by atoms with E-state index in [1.807, 2.05) is 30.6 Å². The van der Waals surface area contributed by atoms with Gasteiger partial charge in [-0.05, 0) is 0 Å². The van der Waals surface area contributed by atoms with E-state index in [1.165, 1.54) is 30.1 Å². The minimum Gasteiger partial charge on any atom is -0.763 e. The van der Waals surface area contributed by atoms with Crippen LogP contribution in [0.1, 0.15) is 0 Å². The molecule has 0 fully saturated rings. The summed E-state index contributed by atoms with van der Waals surface area (Å²) in [5.41, 5.74) is -0.310. The summed E-state index contributed by atoms with van der Waals surface area (Å²) in [4.78, 5) is 2.89. The molecule has 0 saturated carbocycles. The fourth-order valence-electron chi connectivity index (χ4n) is 0.974.